The van der Waals surface area contributed by atoms with Crippen LogP contribution in [0.15, 0.2) is 24.3 Å². The number of hydrogen-bond acceptors (Lipinski definition) is 4. The Labute approximate surface area is 160 Å². The van der Waals surface area contributed by atoms with Crippen LogP contribution in [0.2, 0.25) is 0 Å². The van der Waals surface area contributed by atoms with E-state index in [1.807, 2.05) is 11.0 Å². The summed E-state index contributed by atoms with van der Waals surface area (Å²) in [5.74, 6) is -0.0341. The van der Waals surface area contributed by atoms with Crippen molar-refractivity contribution >= 4 is 5.91 Å². The van der Waals surface area contributed by atoms with Crippen LogP contribution >= 0.6 is 0 Å². The van der Waals surface area contributed by atoms with Crippen LogP contribution in [0.1, 0.15) is 37.7 Å². The van der Waals surface area contributed by atoms with Crippen molar-refractivity contribution in [2.24, 2.45) is 0 Å². The molecule has 2 saturated heterocycles. The van der Waals surface area contributed by atoms with E-state index in [0.29, 0.717) is 19.6 Å². The van der Waals surface area contributed by atoms with Crippen LogP contribution in [-0.2, 0) is 16.1 Å². The predicted molar refractivity (Wildman–Crippen MR) is 102 cm³/mol. The van der Waals surface area contributed by atoms with Gasteiger partial charge in [0.25, 0.3) is 0 Å². The topological polar surface area (TPSA) is 44.8 Å². The average Bonchev–Trinajstić information content (AvgIpc) is 2.97. The lowest BCUT2D eigenvalue weighted by atomic mass is 9.91. The third kappa shape index (κ3) is 4.68. The monoisotopic (exact) mass is 375 g/mol. The number of halogens is 1. The largest absolute Gasteiger partial charge is 0.372 e. The van der Waals surface area contributed by atoms with Gasteiger partial charge in [-0.1, -0.05) is 18.6 Å². The van der Waals surface area contributed by atoms with Gasteiger partial charge in [0.2, 0.25) is 5.91 Å². The van der Waals surface area contributed by atoms with Gasteiger partial charge in [-0.05, 0) is 43.4 Å². The molecule has 1 aromatic rings. The van der Waals surface area contributed by atoms with E-state index in [0.717, 1.165) is 44.2 Å². The van der Waals surface area contributed by atoms with Crippen molar-refractivity contribution in [3.63, 3.8) is 0 Å². The molecule has 27 heavy (non-hydrogen) atoms. The van der Waals surface area contributed by atoms with E-state index in [9.17, 15) is 9.18 Å². The summed E-state index contributed by atoms with van der Waals surface area (Å²) < 4.78 is 19.2. The van der Waals surface area contributed by atoms with Gasteiger partial charge in [0.15, 0.2) is 0 Å². The molecule has 5 nitrogen and oxygen atoms in total. The molecule has 1 aromatic carbocycles. The molecule has 2 heterocycles. The molecule has 2 atom stereocenters. The van der Waals surface area contributed by atoms with E-state index < -0.39 is 0 Å². The summed E-state index contributed by atoms with van der Waals surface area (Å²) >= 11 is 0. The molecule has 0 bridgehead atoms. The molecule has 1 aliphatic carbocycles. The van der Waals surface area contributed by atoms with Crippen LogP contribution in [0.25, 0.3) is 0 Å². The maximum Gasteiger partial charge on any atom is 0.239 e. The first-order chi connectivity index (χ1) is 13.2. The lowest BCUT2D eigenvalue weighted by molar-refractivity contribution is -0.133. The standard InChI is InChI=1S/C21H30FN3O2/c22-17-5-1-4-16(12-17)15-27-19-13-20(23-14-19)21(26)25-9-3-8-24(10-11-25)18-6-2-7-18/h1,4-5,12,18-20,23H,2-3,6-11,13-15H2/t19-,20+/m0/s1. The van der Waals surface area contributed by atoms with E-state index in [1.165, 1.54) is 31.4 Å². The second kappa shape index (κ2) is 8.67. The summed E-state index contributed by atoms with van der Waals surface area (Å²) in [4.78, 5) is 17.5. The van der Waals surface area contributed by atoms with Crippen LogP contribution in [0.4, 0.5) is 4.39 Å². The molecule has 0 unspecified atom stereocenters. The minimum atomic E-state index is -0.245. The first kappa shape index (κ1) is 18.8. The number of hydrogen-bond donors (Lipinski definition) is 1. The highest BCUT2D eigenvalue weighted by Gasteiger charge is 2.34. The zero-order valence-electron chi connectivity index (χ0n) is 15.9. The van der Waals surface area contributed by atoms with E-state index in [2.05, 4.69) is 10.2 Å². The Balaban J connectivity index is 1.23. The molecule has 2 aliphatic heterocycles. The fourth-order valence-corrected chi connectivity index (χ4v) is 4.35. The van der Waals surface area contributed by atoms with Crippen molar-refractivity contribution in [1.29, 1.82) is 0 Å². The number of carbonyl (C=O) groups excluding carboxylic acids is 1. The highest BCUT2D eigenvalue weighted by Crippen LogP contribution is 2.26. The molecular weight excluding hydrogens is 345 g/mol. The van der Waals surface area contributed by atoms with Crippen LogP contribution in [0.3, 0.4) is 0 Å². The molecule has 1 amide bonds. The molecule has 3 aliphatic rings. The van der Waals surface area contributed by atoms with Gasteiger partial charge in [0.1, 0.15) is 5.82 Å². The number of nitrogens with one attached hydrogen (secondary N) is 1. The number of ether oxygens (including phenoxy) is 1. The predicted octanol–water partition coefficient (Wildman–Crippen LogP) is 2.16. The maximum atomic E-state index is 13.3. The Morgan fingerprint density at radius 2 is 2.07 bits per heavy atom. The molecule has 0 aromatic heterocycles. The second-order valence-electron chi connectivity index (χ2n) is 8.06. The Hall–Kier alpha value is -1.50. The highest BCUT2D eigenvalue weighted by atomic mass is 19.1. The number of rotatable bonds is 5. The first-order valence-electron chi connectivity index (χ1n) is 10.3. The lowest BCUT2D eigenvalue weighted by Gasteiger charge is -2.36. The van der Waals surface area contributed by atoms with Gasteiger partial charge in [-0.3, -0.25) is 9.69 Å². The van der Waals surface area contributed by atoms with E-state index in [-0.39, 0.29) is 23.9 Å². The summed E-state index contributed by atoms with van der Waals surface area (Å²) in [5.41, 5.74) is 0.827. The molecule has 148 valence electrons. The van der Waals surface area contributed by atoms with Crippen molar-refractivity contribution in [3.8, 4) is 0 Å². The van der Waals surface area contributed by atoms with Gasteiger partial charge in [0, 0.05) is 38.8 Å². The Kier molecular flexibility index (Phi) is 6.05. The molecule has 1 N–H and O–H groups in total. The zero-order chi connectivity index (χ0) is 18.6. The molecular formula is C21H30FN3O2. The minimum absolute atomic E-state index is 0.000621. The van der Waals surface area contributed by atoms with E-state index in [1.54, 1.807) is 6.07 Å². The highest BCUT2D eigenvalue weighted by molar-refractivity contribution is 5.82. The number of carbonyl (C=O) groups is 1. The zero-order valence-corrected chi connectivity index (χ0v) is 15.9. The van der Waals surface area contributed by atoms with Gasteiger partial charge in [-0.2, -0.15) is 0 Å². The van der Waals surface area contributed by atoms with Gasteiger partial charge in [-0.25, -0.2) is 4.39 Å². The quantitative estimate of drug-likeness (QED) is 0.857. The second-order valence-corrected chi connectivity index (χ2v) is 8.06. The number of nitrogens with zero attached hydrogens (tertiary/aromatic N) is 2. The third-order valence-corrected chi connectivity index (χ3v) is 6.20. The Bertz CT molecular complexity index is 652. The molecule has 6 heteroatoms. The van der Waals surface area contributed by atoms with Crippen LogP contribution < -0.4 is 5.32 Å². The van der Waals surface area contributed by atoms with E-state index >= 15 is 0 Å². The number of benzene rings is 1. The Morgan fingerprint density at radius 3 is 2.85 bits per heavy atom. The molecule has 4 rings (SSSR count). The molecule has 3 fully saturated rings. The fourth-order valence-electron chi connectivity index (χ4n) is 4.35. The van der Waals surface area contributed by atoms with Gasteiger partial charge >= 0.3 is 0 Å². The van der Waals surface area contributed by atoms with Crippen molar-refractivity contribution in [3.05, 3.63) is 35.6 Å². The molecule has 0 spiro atoms. The maximum absolute atomic E-state index is 13.3. The summed E-state index contributed by atoms with van der Waals surface area (Å²) in [6, 6.07) is 7.08. The summed E-state index contributed by atoms with van der Waals surface area (Å²) in [6.07, 6.45) is 5.75. The third-order valence-electron chi connectivity index (χ3n) is 6.20. The fraction of sp³-hybridized carbons (Fsp3) is 0.667. The van der Waals surface area contributed by atoms with Crippen LogP contribution in [-0.4, -0.2) is 66.6 Å². The van der Waals surface area contributed by atoms with Gasteiger partial charge in [0.05, 0.1) is 18.8 Å². The molecule has 0 radical (unpaired) electrons. The SMILES string of the molecule is O=C([C@H]1C[C@H](OCc2cccc(F)c2)CN1)N1CCCN(C2CCC2)CC1. The van der Waals surface area contributed by atoms with Gasteiger partial charge in [-0.15, -0.1) is 0 Å². The normalized spacial score (nSPS) is 27.4. The first-order valence-corrected chi connectivity index (χ1v) is 10.3. The lowest BCUT2D eigenvalue weighted by Crippen LogP contribution is -2.46. The van der Waals surface area contributed by atoms with Gasteiger partial charge < -0.3 is 15.0 Å². The minimum Gasteiger partial charge on any atom is -0.372 e. The van der Waals surface area contributed by atoms with Crippen LogP contribution in [0.5, 0.6) is 0 Å². The van der Waals surface area contributed by atoms with E-state index in [4.69, 9.17) is 4.74 Å². The van der Waals surface area contributed by atoms with Crippen molar-refractivity contribution in [1.82, 2.24) is 15.1 Å². The smallest absolute Gasteiger partial charge is 0.239 e. The van der Waals surface area contributed by atoms with Crippen molar-refractivity contribution < 1.29 is 13.9 Å². The Morgan fingerprint density at radius 1 is 1.19 bits per heavy atom. The van der Waals surface area contributed by atoms with Crippen LogP contribution in [0, 0.1) is 5.82 Å². The summed E-state index contributed by atoms with van der Waals surface area (Å²) in [5, 5.41) is 3.32. The average molecular weight is 375 g/mol. The van der Waals surface area contributed by atoms with Crippen molar-refractivity contribution in [2.45, 2.75) is 56.9 Å². The number of amides is 1. The molecule has 1 saturated carbocycles. The van der Waals surface area contributed by atoms with Crippen molar-refractivity contribution in [2.75, 3.05) is 32.7 Å². The summed E-state index contributed by atoms with van der Waals surface area (Å²) in [6.45, 7) is 4.87. The summed E-state index contributed by atoms with van der Waals surface area (Å²) in [7, 11) is 0.